The number of aryl methyl sites for hydroxylation is 1. The van der Waals surface area contributed by atoms with Gasteiger partial charge in [-0.3, -0.25) is 0 Å². The molecule has 0 amide bonds. The van der Waals surface area contributed by atoms with Gasteiger partial charge < -0.3 is 9.94 Å². The van der Waals surface area contributed by atoms with E-state index in [4.69, 9.17) is 0 Å². The highest BCUT2D eigenvalue weighted by Crippen LogP contribution is 2.23. The van der Waals surface area contributed by atoms with Crippen molar-refractivity contribution in [3.05, 3.63) is 69.9 Å². The monoisotopic (exact) mass is 330 g/mol. The van der Waals surface area contributed by atoms with Crippen LogP contribution in [-0.2, 0) is 9.84 Å². The fourth-order valence-electron chi connectivity index (χ4n) is 2.51. The zero-order valence-electron chi connectivity index (χ0n) is 12.6. The number of rotatable bonds is 2. The Kier molecular flexibility index (Phi) is 3.45. The van der Waals surface area contributed by atoms with Crippen LogP contribution in [0.25, 0.3) is 11.0 Å². The van der Waals surface area contributed by atoms with Crippen molar-refractivity contribution < 1.29 is 12.8 Å². The van der Waals surface area contributed by atoms with Crippen molar-refractivity contribution in [1.82, 2.24) is 4.73 Å². The number of benzene rings is 2. The number of aromatic nitrogens is 2. The second-order valence-electron chi connectivity index (χ2n) is 5.29. The molecule has 1 aromatic heterocycles. The summed E-state index contributed by atoms with van der Waals surface area (Å²) in [6.07, 6.45) is 0. The third-order valence-electron chi connectivity index (χ3n) is 3.68. The van der Waals surface area contributed by atoms with Crippen LogP contribution in [0, 0.1) is 24.0 Å². The third-order valence-corrected chi connectivity index (χ3v) is 5.54. The Morgan fingerprint density at radius 2 is 1.70 bits per heavy atom. The van der Waals surface area contributed by atoms with Gasteiger partial charge in [0.1, 0.15) is 11.2 Å². The summed E-state index contributed by atoms with van der Waals surface area (Å²) in [6, 6.07) is 12.3. The molecule has 0 bridgehead atoms. The highest BCUT2D eigenvalue weighted by molar-refractivity contribution is 7.91. The SMILES string of the molecule is Cc1ccc2c(c1)[n+](=O)c(S(=O)(=O)c1ccccc1)c(C)n2[O-]. The highest BCUT2D eigenvalue weighted by atomic mass is 32.2. The zero-order valence-corrected chi connectivity index (χ0v) is 13.4. The Morgan fingerprint density at radius 1 is 1.04 bits per heavy atom. The molecule has 0 N–H and O–H groups in total. The maximum atomic E-state index is 12.8. The van der Waals surface area contributed by atoms with E-state index in [0.29, 0.717) is 9.16 Å². The number of sulfone groups is 1. The van der Waals surface area contributed by atoms with E-state index in [2.05, 4.69) is 0 Å². The molecule has 118 valence electrons. The summed E-state index contributed by atoms with van der Waals surface area (Å²) in [5, 5.41) is 11.8. The van der Waals surface area contributed by atoms with E-state index in [0.717, 1.165) is 5.56 Å². The van der Waals surface area contributed by atoms with E-state index in [9.17, 15) is 18.5 Å². The van der Waals surface area contributed by atoms with Crippen LogP contribution in [0.4, 0.5) is 0 Å². The van der Waals surface area contributed by atoms with E-state index in [1.807, 2.05) is 0 Å². The maximum Gasteiger partial charge on any atom is 0.376 e. The minimum Gasteiger partial charge on any atom is -0.805 e. The molecular formula is C16H14N2O4S. The largest absolute Gasteiger partial charge is 0.805 e. The lowest BCUT2D eigenvalue weighted by Crippen LogP contribution is -2.30. The lowest BCUT2D eigenvalue weighted by atomic mass is 10.2. The molecule has 0 saturated heterocycles. The lowest BCUT2D eigenvalue weighted by Gasteiger charge is -2.16. The molecule has 0 aliphatic carbocycles. The molecule has 0 unspecified atom stereocenters. The standard InChI is InChI=1S/C16H14N2O4S/c1-11-8-9-14-15(10-11)18(20)16(12(2)17(14)19)23(21,22)13-6-4-3-5-7-13/h3-10H,1-2H3. The molecule has 0 atom stereocenters. The van der Waals surface area contributed by atoms with E-state index < -0.39 is 14.9 Å². The normalized spacial score (nSPS) is 11.7. The van der Waals surface area contributed by atoms with Crippen LogP contribution in [0.15, 0.2) is 58.5 Å². The predicted octanol–water partition coefficient (Wildman–Crippen LogP) is 2.35. The fourth-order valence-corrected chi connectivity index (χ4v) is 4.03. The summed E-state index contributed by atoms with van der Waals surface area (Å²) in [7, 11) is -4.10. The first-order chi connectivity index (χ1) is 10.8. The molecule has 3 aromatic rings. The molecule has 0 spiro atoms. The molecule has 3 rings (SSSR count). The average Bonchev–Trinajstić information content (AvgIpc) is 2.53. The molecule has 0 fully saturated rings. The van der Waals surface area contributed by atoms with Gasteiger partial charge in [0, 0.05) is 11.0 Å². The maximum absolute atomic E-state index is 12.8. The van der Waals surface area contributed by atoms with E-state index >= 15 is 0 Å². The molecule has 0 radical (unpaired) electrons. The van der Waals surface area contributed by atoms with Crippen LogP contribution in [0.2, 0.25) is 0 Å². The molecule has 6 nitrogen and oxygen atoms in total. The Balaban J connectivity index is 2.46. The van der Waals surface area contributed by atoms with Crippen molar-refractivity contribution in [3.63, 3.8) is 0 Å². The summed E-state index contributed by atoms with van der Waals surface area (Å²) >= 11 is 0. The van der Waals surface area contributed by atoms with Gasteiger partial charge in [-0.25, -0.2) is 8.42 Å². The van der Waals surface area contributed by atoms with Crippen LogP contribution in [0.1, 0.15) is 11.3 Å². The van der Waals surface area contributed by atoms with Crippen LogP contribution in [0.3, 0.4) is 0 Å². The molecular weight excluding hydrogens is 316 g/mol. The smallest absolute Gasteiger partial charge is 0.376 e. The third kappa shape index (κ3) is 2.29. The van der Waals surface area contributed by atoms with E-state index in [1.165, 1.54) is 31.2 Å². The Labute approximate surface area is 132 Å². The van der Waals surface area contributed by atoms with Gasteiger partial charge in [-0.05, 0) is 37.6 Å². The molecule has 0 saturated carbocycles. The predicted molar refractivity (Wildman–Crippen MR) is 85.4 cm³/mol. The minimum atomic E-state index is -4.10. The van der Waals surface area contributed by atoms with Crippen molar-refractivity contribution in [3.8, 4) is 0 Å². The van der Waals surface area contributed by atoms with Crippen LogP contribution < -0.4 is 4.43 Å². The number of nitrogens with zero attached hydrogens (tertiary/aromatic N) is 2. The molecule has 0 aliphatic heterocycles. The van der Waals surface area contributed by atoms with E-state index in [-0.39, 0.29) is 21.6 Å². The van der Waals surface area contributed by atoms with Gasteiger partial charge in [0.25, 0.3) is 15.4 Å². The average molecular weight is 330 g/mol. The number of hydrogen-bond donors (Lipinski definition) is 0. The van der Waals surface area contributed by atoms with Crippen LogP contribution in [0.5, 0.6) is 0 Å². The van der Waals surface area contributed by atoms with Gasteiger partial charge >= 0.3 is 5.03 Å². The van der Waals surface area contributed by atoms with Crippen LogP contribution in [-0.4, -0.2) is 13.1 Å². The molecule has 1 heterocycles. The van der Waals surface area contributed by atoms with Gasteiger partial charge in [0.15, 0.2) is 0 Å². The molecule has 2 aromatic carbocycles. The van der Waals surface area contributed by atoms with Crippen molar-refractivity contribution in [1.29, 1.82) is 0 Å². The minimum absolute atomic E-state index is 0.0279. The number of hydrogen-bond acceptors (Lipinski definition) is 4. The van der Waals surface area contributed by atoms with Gasteiger partial charge in [-0.1, -0.05) is 24.3 Å². The Bertz CT molecular complexity index is 1070. The highest BCUT2D eigenvalue weighted by Gasteiger charge is 2.34. The summed E-state index contributed by atoms with van der Waals surface area (Å²) in [4.78, 5) is 12.6. The Hall–Kier alpha value is -2.67. The molecule has 0 aliphatic rings. The van der Waals surface area contributed by atoms with Crippen molar-refractivity contribution in [2.24, 2.45) is 0 Å². The van der Waals surface area contributed by atoms with Gasteiger partial charge in [-0.2, -0.15) is 0 Å². The van der Waals surface area contributed by atoms with Crippen LogP contribution >= 0.6 is 0 Å². The van der Waals surface area contributed by atoms with Gasteiger partial charge in [0.05, 0.1) is 9.32 Å². The quantitative estimate of drug-likeness (QED) is 0.675. The van der Waals surface area contributed by atoms with Crippen molar-refractivity contribution >= 4 is 20.9 Å². The second kappa shape index (κ2) is 5.20. The number of fused-ring (bicyclic) bond motifs is 1. The van der Waals surface area contributed by atoms with Crippen molar-refractivity contribution in [2.75, 3.05) is 0 Å². The van der Waals surface area contributed by atoms with Gasteiger partial charge in [-0.15, -0.1) is 0 Å². The topological polar surface area (TPSA) is 85.1 Å². The summed E-state index contributed by atoms with van der Waals surface area (Å²) < 4.78 is 26.4. The summed E-state index contributed by atoms with van der Waals surface area (Å²) in [5.74, 6) is 0. The lowest BCUT2D eigenvalue weighted by molar-refractivity contribution is -0.512. The van der Waals surface area contributed by atoms with Gasteiger partial charge in [0.2, 0.25) is 0 Å². The summed E-state index contributed by atoms with van der Waals surface area (Å²) in [5.41, 5.74) is 0.768. The zero-order chi connectivity index (χ0) is 16.8. The summed E-state index contributed by atoms with van der Waals surface area (Å²) in [6.45, 7) is 3.09. The van der Waals surface area contributed by atoms with E-state index in [1.54, 1.807) is 31.2 Å². The first kappa shape index (κ1) is 15.2. The first-order valence-electron chi connectivity index (χ1n) is 6.90. The first-order valence-corrected chi connectivity index (χ1v) is 8.38. The Morgan fingerprint density at radius 3 is 2.35 bits per heavy atom. The second-order valence-corrected chi connectivity index (χ2v) is 7.15. The fraction of sp³-hybridized carbons (Fsp3) is 0.125. The van der Waals surface area contributed by atoms with Crippen molar-refractivity contribution in [2.45, 2.75) is 23.8 Å². The molecule has 7 heteroatoms. The molecule has 23 heavy (non-hydrogen) atoms.